The van der Waals surface area contributed by atoms with Crippen LogP contribution in [-0.4, -0.2) is 48.5 Å². The number of aromatic nitrogens is 1. The third-order valence-corrected chi connectivity index (χ3v) is 3.53. The minimum atomic E-state index is 0.145. The Morgan fingerprint density at radius 2 is 2.42 bits per heavy atom. The van der Waals surface area contributed by atoms with Gasteiger partial charge in [0.2, 0.25) is 5.91 Å². The van der Waals surface area contributed by atoms with Crippen molar-refractivity contribution in [3.05, 3.63) is 24.5 Å². The second-order valence-corrected chi connectivity index (χ2v) is 5.00. The number of carbonyl (C=O) groups is 1. The van der Waals surface area contributed by atoms with Crippen LogP contribution in [0.15, 0.2) is 24.5 Å². The lowest BCUT2D eigenvalue weighted by Crippen LogP contribution is -2.35. The monoisotopic (exact) mass is 262 g/mol. The average Bonchev–Trinajstić information content (AvgIpc) is 2.82. The van der Waals surface area contributed by atoms with Gasteiger partial charge in [-0.05, 0) is 38.6 Å². The van der Waals surface area contributed by atoms with E-state index in [1.807, 2.05) is 12.1 Å². The minimum Gasteiger partial charge on any atom is -0.382 e. The summed E-state index contributed by atoms with van der Waals surface area (Å²) in [6.07, 6.45) is 6.47. The molecular formula is C14H22N4O. The molecule has 1 amide bonds. The predicted molar refractivity (Wildman–Crippen MR) is 76.0 cm³/mol. The van der Waals surface area contributed by atoms with E-state index in [1.165, 1.54) is 6.42 Å². The summed E-state index contributed by atoms with van der Waals surface area (Å²) in [5.74, 6) is 0.145. The van der Waals surface area contributed by atoms with Crippen LogP contribution in [-0.2, 0) is 4.79 Å². The van der Waals surface area contributed by atoms with Gasteiger partial charge in [0, 0.05) is 37.9 Å². The van der Waals surface area contributed by atoms with Gasteiger partial charge in [0.25, 0.3) is 0 Å². The van der Waals surface area contributed by atoms with Gasteiger partial charge in [-0.1, -0.05) is 0 Å². The van der Waals surface area contributed by atoms with Gasteiger partial charge in [0.05, 0.1) is 5.69 Å². The highest BCUT2D eigenvalue weighted by Crippen LogP contribution is 2.17. The van der Waals surface area contributed by atoms with Crippen molar-refractivity contribution >= 4 is 11.6 Å². The minimum absolute atomic E-state index is 0.145. The number of nitrogens with one attached hydrogen (secondary N) is 2. The second-order valence-electron chi connectivity index (χ2n) is 5.00. The van der Waals surface area contributed by atoms with E-state index >= 15 is 0 Å². The zero-order valence-electron chi connectivity index (χ0n) is 11.4. The molecule has 1 aromatic rings. The maximum absolute atomic E-state index is 11.8. The molecule has 5 heteroatoms. The van der Waals surface area contributed by atoms with Crippen LogP contribution in [0.25, 0.3) is 0 Å². The molecule has 0 spiro atoms. The number of pyridine rings is 1. The molecule has 1 aromatic heterocycles. The van der Waals surface area contributed by atoms with Gasteiger partial charge < -0.3 is 15.5 Å². The standard InChI is InChI=1S/C14H22N4O/c1-18-9-3-5-13(18)10-14(19)17-8-7-16-12-4-2-6-15-11-12/h2,4,6,11,13,16H,3,5,7-10H2,1H3,(H,17,19). The Labute approximate surface area is 114 Å². The number of likely N-dealkylation sites (tertiary alicyclic amines) is 1. The molecule has 5 nitrogen and oxygen atoms in total. The number of rotatable bonds is 6. The zero-order chi connectivity index (χ0) is 13.5. The summed E-state index contributed by atoms with van der Waals surface area (Å²) in [4.78, 5) is 18.1. The summed E-state index contributed by atoms with van der Waals surface area (Å²) in [6.45, 7) is 2.47. The molecule has 1 aliphatic rings. The van der Waals surface area contributed by atoms with Crippen molar-refractivity contribution in [1.82, 2.24) is 15.2 Å². The highest BCUT2D eigenvalue weighted by molar-refractivity contribution is 5.76. The third-order valence-electron chi connectivity index (χ3n) is 3.53. The lowest BCUT2D eigenvalue weighted by Gasteiger charge is -2.18. The molecule has 1 fully saturated rings. The van der Waals surface area contributed by atoms with E-state index in [1.54, 1.807) is 12.4 Å². The molecule has 1 saturated heterocycles. The summed E-state index contributed by atoms with van der Waals surface area (Å²) in [5.41, 5.74) is 0.979. The maximum Gasteiger partial charge on any atom is 0.221 e. The van der Waals surface area contributed by atoms with Crippen molar-refractivity contribution < 1.29 is 4.79 Å². The van der Waals surface area contributed by atoms with Gasteiger partial charge in [-0.2, -0.15) is 0 Å². The van der Waals surface area contributed by atoms with Crippen LogP contribution in [0.4, 0.5) is 5.69 Å². The number of carbonyl (C=O) groups excluding carboxylic acids is 1. The van der Waals surface area contributed by atoms with Crippen molar-refractivity contribution in [1.29, 1.82) is 0 Å². The molecule has 1 atom stereocenters. The molecular weight excluding hydrogens is 240 g/mol. The quantitative estimate of drug-likeness (QED) is 0.754. The van der Waals surface area contributed by atoms with Gasteiger partial charge in [0.1, 0.15) is 0 Å². The van der Waals surface area contributed by atoms with E-state index in [0.29, 0.717) is 19.0 Å². The van der Waals surface area contributed by atoms with Gasteiger partial charge >= 0.3 is 0 Å². The Bertz CT molecular complexity index is 396. The fourth-order valence-corrected chi connectivity index (χ4v) is 2.40. The van der Waals surface area contributed by atoms with Crippen LogP contribution in [0.5, 0.6) is 0 Å². The smallest absolute Gasteiger partial charge is 0.221 e. The first-order valence-corrected chi connectivity index (χ1v) is 6.86. The van der Waals surface area contributed by atoms with Crippen LogP contribution >= 0.6 is 0 Å². The van der Waals surface area contributed by atoms with Crippen molar-refractivity contribution in [2.75, 3.05) is 32.0 Å². The largest absolute Gasteiger partial charge is 0.382 e. The number of nitrogens with zero attached hydrogens (tertiary/aromatic N) is 2. The van der Waals surface area contributed by atoms with Crippen LogP contribution in [0.2, 0.25) is 0 Å². The lowest BCUT2D eigenvalue weighted by atomic mass is 10.1. The number of anilines is 1. The average molecular weight is 262 g/mol. The molecule has 104 valence electrons. The molecule has 0 radical (unpaired) electrons. The Hall–Kier alpha value is -1.62. The van der Waals surface area contributed by atoms with Crippen molar-refractivity contribution in [2.24, 2.45) is 0 Å². The van der Waals surface area contributed by atoms with E-state index in [-0.39, 0.29) is 5.91 Å². The lowest BCUT2D eigenvalue weighted by molar-refractivity contribution is -0.121. The van der Waals surface area contributed by atoms with E-state index in [4.69, 9.17) is 0 Å². The van der Waals surface area contributed by atoms with Crippen molar-refractivity contribution in [3.63, 3.8) is 0 Å². The second kappa shape index (κ2) is 7.09. The third kappa shape index (κ3) is 4.52. The molecule has 2 N–H and O–H groups in total. The number of amides is 1. The maximum atomic E-state index is 11.8. The van der Waals surface area contributed by atoms with Gasteiger partial charge in [0.15, 0.2) is 0 Å². The number of hydrogen-bond donors (Lipinski definition) is 2. The topological polar surface area (TPSA) is 57.3 Å². The molecule has 0 saturated carbocycles. The number of hydrogen-bond acceptors (Lipinski definition) is 4. The Morgan fingerprint density at radius 3 is 3.11 bits per heavy atom. The highest BCUT2D eigenvalue weighted by Gasteiger charge is 2.22. The summed E-state index contributed by atoms with van der Waals surface area (Å²) in [6, 6.07) is 4.27. The molecule has 1 unspecified atom stereocenters. The Morgan fingerprint density at radius 1 is 1.53 bits per heavy atom. The Kier molecular flexibility index (Phi) is 5.15. The molecule has 0 aromatic carbocycles. The summed E-state index contributed by atoms with van der Waals surface area (Å²) >= 11 is 0. The van der Waals surface area contributed by atoms with Crippen LogP contribution in [0.3, 0.4) is 0 Å². The van der Waals surface area contributed by atoms with Crippen molar-refractivity contribution in [3.8, 4) is 0 Å². The molecule has 19 heavy (non-hydrogen) atoms. The van der Waals surface area contributed by atoms with Crippen LogP contribution in [0.1, 0.15) is 19.3 Å². The SMILES string of the molecule is CN1CCCC1CC(=O)NCCNc1cccnc1. The first kappa shape index (κ1) is 13.8. The first-order chi connectivity index (χ1) is 9.25. The Balaban J connectivity index is 1.59. The summed E-state index contributed by atoms with van der Waals surface area (Å²) < 4.78 is 0. The van der Waals surface area contributed by atoms with Gasteiger partial charge in [-0.3, -0.25) is 9.78 Å². The predicted octanol–water partition coefficient (Wildman–Crippen LogP) is 1.09. The molecule has 2 heterocycles. The van der Waals surface area contributed by atoms with E-state index in [0.717, 1.165) is 25.2 Å². The fourth-order valence-electron chi connectivity index (χ4n) is 2.40. The molecule has 2 rings (SSSR count). The first-order valence-electron chi connectivity index (χ1n) is 6.86. The van der Waals surface area contributed by atoms with Crippen LogP contribution in [0, 0.1) is 0 Å². The van der Waals surface area contributed by atoms with E-state index < -0.39 is 0 Å². The highest BCUT2D eigenvalue weighted by atomic mass is 16.1. The fraction of sp³-hybridized carbons (Fsp3) is 0.571. The zero-order valence-corrected chi connectivity index (χ0v) is 11.4. The summed E-state index contributed by atoms with van der Waals surface area (Å²) in [7, 11) is 2.09. The normalized spacial score (nSPS) is 19.3. The van der Waals surface area contributed by atoms with Gasteiger partial charge in [-0.25, -0.2) is 0 Å². The van der Waals surface area contributed by atoms with Crippen LogP contribution < -0.4 is 10.6 Å². The summed E-state index contributed by atoms with van der Waals surface area (Å²) in [5, 5.41) is 6.17. The van der Waals surface area contributed by atoms with E-state index in [9.17, 15) is 4.79 Å². The van der Waals surface area contributed by atoms with Gasteiger partial charge in [-0.15, -0.1) is 0 Å². The molecule has 0 bridgehead atoms. The van der Waals surface area contributed by atoms with Crippen molar-refractivity contribution in [2.45, 2.75) is 25.3 Å². The van der Waals surface area contributed by atoms with E-state index in [2.05, 4.69) is 27.6 Å². The molecule has 1 aliphatic heterocycles. The molecule has 0 aliphatic carbocycles.